The molecule has 3 heterocycles. The quantitative estimate of drug-likeness (QED) is 0.736. The number of benzene rings is 1. The topological polar surface area (TPSA) is 93.6 Å². The third-order valence-electron chi connectivity index (χ3n) is 4.92. The van der Waals surface area contributed by atoms with Gasteiger partial charge >= 0.3 is 0 Å². The first-order valence-electron chi connectivity index (χ1n) is 8.81. The average Bonchev–Trinajstić information content (AvgIpc) is 3.19. The summed E-state index contributed by atoms with van der Waals surface area (Å²) in [6.07, 6.45) is 4.15. The number of carbonyl (C=O) groups is 1. The second-order valence-corrected chi connectivity index (χ2v) is 6.58. The molecular weight excluding hydrogens is 332 g/mol. The molecule has 0 bridgehead atoms. The van der Waals surface area contributed by atoms with Crippen molar-refractivity contribution in [3.63, 3.8) is 0 Å². The zero-order valence-corrected chi connectivity index (χ0v) is 14.4. The number of amides is 1. The van der Waals surface area contributed by atoms with Gasteiger partial charge in [0.15, 0.2) is 0 Å². The fourth-order valence-corrected chi connectivity index (χ4v) is 3.45. The highest BCUT2D eigenvalue weighted by molar-refractivity contribution is 5.82. The number of nitrogens with one attached hydrogen (secondary N) is 2. The van der Waals surface area contributed by atoms with Crippen LogP contribution in [0.3, 0.4) is 0 Å². The molecule has 1 aromatic heterocycles. The van der Waals surface area contributed by atoms with Gasteiger partial charge in [-0.05, 0) is 30.2 Å². The van der Waals surface area contributed by atoms with Crippen LogP contribution in [0, 0.1) is 0 Å². The molecule has 1 amide bonds. The van der Waals surface area contributed by atoms with E-state index in [2.05, 4.69) is 25.7 Å². The summed E-state index contributed by atoms with van der Waals surface area (Å²) in [5.41, 5.74) is 7.36. The van der Waals surface area contributed by atoms with Gasteiger partial charge in [-0.1, -0.05) is 12.1 Å². The SMILES string of the molecule is O=C(C1CC(c2ccc(O)cc2)NN1)N1CCN(c2ncccn2)CC1. The molecule has 3 N–H and O–H groups in total. The van der Waals surface area contributed by atoms with E-state index in [1.807, 2.05) is 17.0 Å². The molecule has 2 saturated heterocycles. The van der Waals surface area contributed by atoms with Crippen molar-refractivity contribution >= 4 is 11.9 Å². The van der Waals surface area contributed by atoms with Gasteiger partial charge in [0.1, 0.15) is 11.8 Å². The maximum atomic E-state index is 12.8. The molecule has 2 aromatic rings. The average molecular weight is 354 g/mol. The van der Waals surface area contributed by atoms with E-state index in [1.54, 1.807) is 30.6 Å². The van der Waals surface area contributed by atoms with Crippen LogP contribution in [0.1, 0.15) is 18.0 Å². The van der Waals surface area contributed by atoms with Gasteiger partial charge in [-0.15, -0.1) is 0 Å². The number of anilines is 1. The van der Waals surface area contributed by atoms with E-state index in [0.717, 1.165) is 18.7 Å². The van der Waals surface area contributed by atoms with Crippen LogP contribution >= 0.6 is 0 Å². The molecular formula is C18H22N6O2. The number of phenolic OH excluding ortho intramolecular Hbond substituents is 1. The molecule has 0 spiro atoms. The van der Waals surface area contributed by atoms with E-state index in [-0.39, 0.29) is 23.7 Å². The van der Waals surface area contributed by atoms with Crippen LogP contribution in [0.25, 0.3) is 0 Å². The molecule has 0 radical (unpaired) electrons. The monoisotopic (exact) mass is 354 g/mol. The minimum Gasteiger partial charge on any atom is -0.508 e. The van der Waals surface area contributed by atoms with Crippen molar-refractivity contribution in [3.8, 4) is 5.75 Å². The van der Waals surface area contributed by atoms with Gasteiger partial charge in [0.25, 0.3) is 0 Å². The highest BCUT2D eigenvalue weighted by Gasteiger charge is 2.34. The Kier molecular flexibility index (Phi) is 4.68. The second-order valence-electron chi connectivity index (χ2n) is 6.58. The molecule has 4 rings (SSSR count). The minimum absolute atomic E-state index is 0.0588. The summed E-state index contributed by atoms with van der Waals surface area (Å²) in [5, 5.41) is 9.40. The Hall–Kier alpha value is -2.71. The summed E-state index contributed by atoms with van der Waals surface area (Å²) in [6.45, 7) is 2.80. The van der Waals surface area contributed by atoms with Crippen molar-refractivity contribution in [2.24, 2.45) is 0 Å². The third kappa shape index (κ3) is 3.47. The lowest BCUT2D eigenvalue weighted by Crippen LogP contribution is -2.54. The van der Waals surface area contributed by atoms with Crippen molar-refractivity contribution in [2.75, 3.05) is 31.1 Å². The van der Waals surface area contributed by atoms with Gasteiger partial charge < -0.3 is 14.9 Å². The first-order chi connectivity index (χ1) is 12.7. The summed E-state index contributed by atoms with van der Waals surface area (Å²) in [7, 11) is 0. The summed E-state index contributed by atoms with van der Waals surface area (Å²) in [4.78, 5) is 25.4. The molecule has 2 atom stereocenters. The first kappa shape index (κ1) is 16.7. The predicted octanol–water partition coefficient (Wildman–Crippen LogP) is 0.439. The molecule has 1 aromatic carbocycles. The smallest absolute Gasteiger partial charge is 0.241 e. The summed E-state index contributed by atoms with van der Waals surface area (Å²) in [5.74, 6) is 1.08. The van der Waals surface area contributed by atoms with Crippen LogP contribution in [0.4, 0.5) is 5.95 Å². The van der Waals surface area contributed by atoms with Crippen molar-refractivity contribution in [1.82, 2.24) is 25.7 Å². The van der Waals surface area contributed by atoms with Crippen LogP contribution in [0.5, 0.6) is 5.75 Å². The maximum absolute atomic E-state index is 12.8. The maximum Gasteiger partial charge on any atom is 0.241 e. The number of aromatic hydroxyl groups is 1. The van der Waals surface area contributed by atoms with Crippen LogP contribution in [-0.4, -0.2) is 58.1 Å². The van der Waals surface area contributed by atoms with E-state index >= 15 is 0 Å². The van der Waals surface area contributed by atoms with Gasteiger partial charge in [-0.25, -0.2) is 20.8 Å². The lowest BCUT2D eigenvalue weighted by atomic mass is 10.0. The van der Waals surface area contributed by atoms with Gasteiger partial charge in [0.2, 0.25) is 11.9 Å². The Morgan fingerprint density at radius 2 is 1.73 bits per heavy atom. The number of aromatic nitrogens is 2. The Balaban J connectivity index is 1.32. The number of hydrogen-bond donors (Lipinski definition) is 3. The van der Waals surface area contributed by atoms with E-state index in [9.17, 15) is 9.90 Å². The number of piperazine rings is 1. The van der Waals surface area contributed by atoms with Crippen LogP contribution in [-0.2, 0) is 4.79 Å². The fraction of sp³-hybridized carbons (Fsp3) is 0.389. The Morgan fingerprint density at radius 1 is 1.04 bits per heavy atom. The van der Waals surface area contributed by atoms with Gasteiger partial charge in [-0.3, -0.25) is 4.79 Å². The van der Waals surface area contributed by atoms with Crippen molar-refractivity contribution < 1.29 is 9.90 Å². The molecule has 2 aliphatic rings. The number of nitrogens with zero attached hydrogens (tertiary/aromatic N) is 4. The zero-order chi connectivity index (χ0) is 17.9. The van der Waals surface area contributed by atoms with E-state index in [1.165, 1.54) is 0 Å². The summed E-state index contributed by atoms with van der Waals surface area (Å²) in [6, 6.07) is 8.69. The normalized spacial score (nSPS) is 23.2. The second kappa shape index (κ2) is 7.27. The largest absolute Gasteiger partial charge is 0.508 e. The van der Waals surface area contributed by atoms with Gasteiger partial charge in [-0.2, -0.15) is 0 Å². The highest BCUT2D eigenvalue weighted by Crippen LogP contribution is 2.25. The Morgan fingerprint density at radius 3 is 2.42 bits per heavy atom. The van der Waals surface area contributed by atoms with E-state index < -0.39 is 0 Å². The number of hydrazine groups is 1. The number of rotatable bonds is 3. The first-order valence-corrected chi connectivity index (χ1v) is 8.81. The van der Waals surface area contributed by atoms with E-state index in [4.69, 9.17) is 0 Å². The lowest BCUT2D eigenvalue weighted by molar-refractivity contribution is -0.133. The zero-order valence-electron chi connectivity index (χ0n) is 14.4. The highest BCUT2D eigenvalue weighted by atomic mass is 16.3. The van der Waals surface area contributed by atoms with E-state index in [0.29, 0.717) is 25.5 Å². The number of hydrogen-bond acceptors (Lipinski definition) is 7. The minimum atomic E-state index is -0.242. The van der Waals surface area contributed by atoms with Crippen LogP contribution in [0.15, 0.2) is 42.7 Å². The van der Waals surface area contributed by atoms with Gasteiger partial charge in [0, 0.05) is 44.6 Å². The van der Waals surface area contributed by atoms with Gasteiger partial charge in [0.05, 0.1) is 0 Å². The molecule has 8 heteroatoms. The number of carbonyl (C=O) groups excluding carboxylic acids is 1. The molecule has 0 aliphatic carbocycles. The fourth-order valence-electron chi connectivity index (χ4n) is 3.45. The van der Waals surface area contributed by atoms with Crippen LogP contribution in [0.2, 0.25) is 0 Å². The Labute approximate surface area is 151 Å². The molecule has 2 unspecified atom stereocenters. The van der Waals surface area contributed by atoms with Crippen molar-refractivity contribution in [1.29, 1.82) is 0 Å². The standard InChI is InChI=1S/C18H22N6O2/c25-14-4-2-13(3-5-14)15-12-16(22-21-15)17(26)23-8-10-24(11-9-23)18-19-6-1-7-20-18/h1-7,15-16,21-22,25H,8-12H2. The summed E-state index contributed by atoms with van der Waals surface area (Å²) < 4.78 is 0. The van der Waals surface area contributed by atoms with Crippen molar-refractivity contribution in [2.45, 2.75) is 18.5 Å². The summed E-state index contributed by atoms with van der Waals surface area (Å²) >= 11 is 0. The molecule has 26 heavy (non-hydrogen) atoms. The lowest BCUT2D eigenvalue weighted by Gasteiger charge is -2.35. The third-order valence-corrected chi connectivity index (χ3v) is 4.92. The molecule has 2 fully saturated rings. The molecule has 0 saturated carbocycles. The van der Waals surface area contributed by atoms with Crippen LogP contribution < -0.4 is 15.8 Å². The Bertz CT molecular complexity index is 746. The number of phenols is 1. The van der Waals surface area contributed by atoms with Crippen molar-refractivity contribution in [3.05, 3.63) is 48.3 Å². The predicted molar refractivity (Wildman–Crippen MR) is 96.3 cm³/mol. The molecule has 136 valence electrons. The molecule has 2 aliphatic heterocycles. The molecule has 8 nitrogen and oxygen atoms in total.